The largest absolute Gasteiger partial charge is 0.493 e. The Kier molecular flexibility index (Phi) is 7.97. The molecule has 0 saturated carbocycles. The number of hydrogen-bond acceptors (Lipinski definition) is 7. The van der Waals surface area contributed by atoms with Gasteiger partial charge in [0.1, 0.15) is 6.04 Å². The SMILES string of the molecule is COCCCN1C(=O)c2cccc3c(NC(=O)C4CCCCN4S(=O)(=O)c4ccc(OC)c(OC)c4)ccc1c23. The lowest BCUT2D eigenvalue weighted by Crippen LogP contribution is -2.49. The molecule has 11 heteroatoms. The number of methoxy groups -OCH3 is 3. The van der Waals surface area contributed by atoms with Gasteiger partial charge in [-0.15, -0.1) is 0 Å². The van der Waals surface area contributed by atoms with Gasteiger partial charge in [0.25, 0.3) is 5.91 Å². The van der Waals surface area contributed by atoms with Crippen molar-refractivity contribution < 1.29 is 32.2 Å². The van der Waals surface area contributed by atoms with Gasteiger partial charge >= 0.3 is 0 Å². The number of ether oxygens (including phenoxy) is 3. The quantitative estimate of drug-likeness (QED) is 0.368. The highest BCUT2D eigenvalue weighted by atomic mass is 32.2. The highest BCUT2D eigenvalue weighted by molar-refractivity contribution is 7.89. The Morgan fingerprint density at radius 1 is 1.02 bits per heavy atom. The number of benzene rings is 3. The van der Waals surface area contributed by atoms with Crippen LogP contribution in [0.15, 0.2) is 53.4 Å². The molecule has 3 aromatic carbocycles. The summed E-state index contributed by atoms with van der Waals surface area (Å²) in [5, 5.41) is 4.48. The molecule has 0 radical (unpaired) electrons. The second-order valence-corrected chi connectivity index (χ2v) is 11.7. The number of anilines is 2. The van der Waals surface area contributed by atoms with Gasteiger partial charge in [0.05, 0.1) is 24.8 Å². The zero-order valence-corrected chi connectivity index (χ0v) is 23.6. The molecule has 2 aliphatic heterocycles. The number of amides is 2. The maximum absolute atomic E-state index is 13.7. The first-order valence-corrected chi connectivity index (χ1v) is 14.7. The second-order valence-electron chi connectivity index (χ2n) is 9.80. The van der Waals surface area contributed by atoms with Crippen LogP contribution in [-0.2, 0) is 19.6 Å². The van der Waals surface area contributed by atoms with Crippen LogP contribution in [0.1, 0.15) is 36.0 Å². The summed E-state index contributed by atoms with van der Waals surface area (Å²) in [4.78, 5) is 28.6. The Morgan fingerprint density at radius 2 is 1.82 bits per heavy atom. The van der Waals surface area contributed by atoms with Gasteiger partial charge in [-0.3, -0.25) is 9.59 Å². The number of piperidine rings is 1. The van der Waals surface area contributed by atoms with Gasteiger partial charge in [-0.25, -0.2) is 8.42 Å². The Bertz CT molecular complexity index is 1560. The standard InChI is InChI=1S/C29H33N3O7S/c1-37-17-7-15-31-23-13-12-22(20-8-6-9-21(27(20)23)29(31)34)30-28(33)24-10-4-5-16-32(24)40(35,36)19-11-14-25(38-2)26(18-19)39-3/h6,8-9,11-14,18,24H,4-5,7,10,15-17H2,1-3H3,(H,30,33). The number of sulfonamides is 1. The fourth-order valence-corrected chi connectivity index (χ4v) is 7.20. The fourth-order valence-electron chi connectivity index (χ4n) is 5.53. The minimum atomic E-state index is -4.00. The molecule has 0 bridgehead atoms. The van der Waals surface area contributed by atoms with E-state index >= 15 is 0 Å². The van der Waals surface area contributed by atoms with Crippen molar-refractivity contribution in [2.75, 3.05) is 51.2 Å². The third-order valence-electron chi connectivity index (χ3n) is 7.49. The van der Waals surface area contributed by atoms with Gasteiger partial charge in [0.15, 0.2) is 11.5 Å². The van der Waals surface area contributed by atoms with Crippen LogP contribution in [0.25, 0.3) is 10.8 Å². The number of rotatable bonds is 10. The van der Waals surface area contributed by atoms with Crippen LogP contribution in [0.5, 0.6) is 11.5 Å². The summed E-state index contributed by atoms with van der Waals surface area (Å²) < 4.78 is 44.4. The Labute approximate surface area is 233 Å². The molecule has 212 valence electrons. The van der Waals surface area contributed by atoms with Crippen molar-refractivity contribution in [1.82, 2.24) is 4.31 Å². The highest BCUT2D eigenvalue weighted by Gasteiger charge is 2.38. The lowest BCUT2D eigenvalue weighted by Gasteiger charge is -2.33. The Hall–Kier alpha value is -3.67. The number of hydrogen-bond donors (Lipinski definition) is 1. The summed E-state index contributed by atoms with van der Waals surface area (Å²) in [6.45, 7) is 1.29. The molecule has 40 heavy (non-hydrogen) atoms. The van der Waals surface area contributed by atoms with Crippen LogP contribution in [0, 0.1) is 0 Å². The van der Waals surface area contributed by atoms with Crippen LogP contribution in [0.3, 0.4) is 0 Å². The molecular weight excluding hydrogens is 534 g/mol. The lowest BCUT2D eigenvalue weighted by molar-refractivity contribution is -0.120. The van der Waals surface area contributed by atoms with E-state index in [9.17, 15) is 18.0 Å². The highest BCUT2D eigenvalue weighted by Crippen LogP contribution is 2.41. The predicted octanol–water partition coefficient (Wildman–Crippen LogP) is 4.04. The van der Waals surface area contributed by atoms with E-state index < -0.39 is 22.0 Å². The fraction of sp³-hybridized carbons (Fsp3) is 0.379. The molecule has 2 amide bonds. The van der Waals surface area contributed by atoms with E-state index in [0.29, 0.717) is 55.2 Å². The number of nitrogens with one attached hydrogen (secondary N) is 1. The number of carbonyl (C=O) groups excluding carboxylic acids is 2. The Morgan fingerprint density at radius 3 is 2.58 bits per heavy atom. The normalized spacial score (nSPS) is 17.3. The Balaban J connectivity index is 1.44. The molecule has 0 spiro atoms. The van der Waals surface area contributed by atoms with Crippen molar-refractivity contribution in [2.24, 2.45) is 0 Å². The van der Waals surface area contributed by atoms with Gasteiger partial charge in [-0.1, -0.05) is 18.6 Å². The average molecular weight is 568 g/mol. The van der Waals surface area contributed by atoms with Crippen molar-refractivity contribution in [3.8, 4) is 11.5 Å². The van der Waals surface area contributed by atoms with Crippen molar-refractivity contribution in [3.63, 3.8) is 0 Å². The first-order chi connectivity index (χ1) is 19.3. The predicted molar refractivity (Wildman–Crippen MR) is 152 cm³/mol. The second kappa shape index (κ2) is 11.4. The number of carbonyl (C=O) groups is 2. The van der Waals surface area contributed by atoms with E-state index in [-0.39, 0.29) is 17.3 Å². The summed E-state index contributed by atoms with van der Waals surface area (Å²) in [6, 6.07) is 12.6. The monoisotopic (exact) mass is 567 g/mol. The molecule has 0 aromatic heterocycles. The topological polar surface area (TPSA) is 114 Å². The molecule has 5 rings (SSSR count). The van der Waals surface area contributed by atoms with Crippen molar-refractivity contribution in [3.05, 3.63) is 54.1 Å². The van der Waals surface area contributed by atoms with Crippen LogP contribution in [0.4, 0.5) is 11.4 Å². The van der Waals surface area contributed by atoms with E-state index in [4.69, 9.17) is 14.2 Å². The van der Waals surface area contributed by atoms with Crippen LogP contribution in [-0.4, -0.2) is 71.6 Å². The van der Waals surface area contributed by atoms with E-state index in [0.717, 1.165) is 22.9 Å². The van der Waals surface area contributed by atoms with E-state index in [1.165, 1.54) is 36.7 Å². The van der Waals surface area contributed by atoms with Crippen molar-refractivity contribution >= 4 is 44.0 Å². The number of nitrogens with zero attached hydrogens (tertiary/aromatic N) is 2. The smallest absolute Gasteiger partial charge is 0.258 e. The van der Waals surface area contributed by atoms with Crippen molar-refractivity contribution in [1.29, 1.82) is 0 Å². The lowest BCUT2D eigenvalue weighted by atomic mass is 10.0. The zero-order chi connectivity index (χ0) is 28.4. The van der Waals surface area contributed by atoms with Crippen LogP contribution >= 0.6 is 0 Å². The van der Waals surface area contributed by atoms with Crippen LogP contribution < -0.4 is 19.7 Å². The van der Waals surface area contributed by atoms with Gasteiger partial charge in [0, 0.05) is 54.9 Å². The molecule has 1 N–H and O–H groups in total. The minimum absolute atomic E-state index is 0.0299. The van der Waals surface area contributed by atoms with E-state index in [1.807, 2.05) is 12.1 Å². The van der Waals surface area contributed by atoms with Crippen LogP contribution in [0.2, 0.25) is 0 Å². The van der Waals surface area contributed by atoms with Gasteiger partial charge in [-0.05, 0) is 49.6 Å². The van der Waals surface area contributed by atoms with E-state index in [1.54, 1.807) is 30.2 Å². The minimum Gasteiger partial charge on any atom is -0.493 e. The molecule has 1 atom stereocenters. The average Bonchev–Trinajstić information content (AvgIpc) is 3.25. The molecule has 1 fully saturated rings. The summed E-state index contributed by atoms with van der Waals surface area (Å²) in [5.74, 6) is 0.211. The molecule has 2 heterocycles. The molecule has 1 unspecified atom stereocenters. The van der Waals surface area contributed by atoms with Gasteiger partial charge < -0.3 is 24.4 Å². The third-order valence-corrected chi connectivity index (χ3v) is 9.40. The maximum atomic E-state index is 13.7. The molecular formula is C29H33N3O7S. The molecule has 2 aliphatic rings. The first-order valence-electron chi connectivity index (χ1n) is 13.2. The summed E-state index contributed by atoms with van der Waals surface area (Å²) in [7, 11) is 0.544. The zero-order valence-electron chi connectivity index (χ0n) is 22.8. The van der Waals surface area contributed by atoms with Crippen molar-refractivity contribution in [2.45, 2.75) is 36.6 Å². The molecule has 1 saturated heterocycles. The first kappa shape index (κ1) is 27.9. The molecule has 0 aliphatic carbocycles. The third kappa shape index (κ3) is 4.89. The summed E-state index contributed by atoms with van der Waals surface area (Å²) in [6.07, 6.45) is 2.47. The summed E-state index contributed by atoms with van der Waals surface area (Å²) >= 11 is 0. The molecule has 3 aromatic rings. The van der Waals surface area contributed by atoms with E-state index in [2.05, 4.69) is 5.32 Å². The molecule has 10 nitrogen and oxygen atoms in total. The van der Waals surface area contributed by atoms with Gasteiger partial charge in [0.2, 0.25) is 15.9 Å². The summed E-state index contributed by atoms with van der Waals surface area (Å²) in [5.41, 5.74) is 1.91. The maximum Gasteiger partial charge on any atom is 0.258 e. The van der Waals surface area contributed by atoms with Gasteiger partial charge in [-0.2, -0.15) is 4.31 Å².